The fourth-order valence-electron chi connectivity index (χ4n) is 3.87. The van der Waals surface area contributed by atoms with E-state index in [0.29, 0.717) is 33.6 Å². The number of benzene rings is 2. The molecule has 1 aliphatic heterocycles. The molecule has 2 atom stereocenters. The van der Waals surface area contributed by atoms with Crippen molar-refractivity contribution in [2.75, 3.05) is 4.90 Å². The van der Waals surface area contributed by atoms with Gasteiger partial charge in [0.1, 0.15) is 17.2 Å². The normalized spacial score (nSPS) is 17.4. The minimum absolute atomic E-state index is 0.395. The standard InChI is InChI=1S/C26H22N4O3S/c1-26(28,34(32)33)20-8-6-9-21(14-20)30-16-19(24-11-4-5-12-29-24)13-23(25(30)17-31)22-10-3-2-7-18(22)15-27/h2-14,16-17,25,34H,28H2,1H3. The van der Waals surface area contributed by atoms with Gasteiger partial charge in [-0.15, -0.1) is 0 Å². The number of nitriles is 1. The number of carbonyl (C=O) groups excluding carboxylic acids is 1. The minimum atomic E-state index is -2.94. The van der Waals surface area contributed by atoms with Crippen molar-refractivity contribution in [3.05, 3.63) is 108 Å². The van der Waals surface area contributed by atoms with Crippen LogP contribution in [0.4, 0.5) is 5.69 Å². The number of thiol groups is 1. The number of allylic oxidation sites excluding steroid dienone is 2. The summed E-state index contributed by atoms with van der Waals surface area (Å²) < 4.78 is 23.5. The lowest BCUT2D eigenvalue weighted by molar-refractivity contribution is -0.107. The highest BCUT2D eigenvalue weighted by molar-refractivity contribution is 7.73. The summed E-state index contributed by atoms with van der Waals surface area (Å²) in [6, 6.07) is 20.8. The zero-order chi connectivity index (χ0) is 24.3. The molecule has 1 aliphatic rings. The molecule has 2 aromatic carbocycles. The first-order valence-electron chi connectivity index (χ1n) is 10.5. The average molecular weight is 471 g/mol. The zero-order valence-corrected chi connectivity index (χ0v) is 19.2. The number of pyridine rings is 1. The van der Waals surface area contributed by atoms with Gasteiger partial charge in [0.2, 0.25) is 0 Å². The monoisotopic (exact) mass is 470 g/mol. The molecule has 0 amide bonds. The summed E-state index contributed by atoms with van der Waals surface area (Å²) in [7, 11) is -2.94. The number of nitrogens with zero attached hydrogens (tertiary/aromatic N) is 3. The second-order valence-electron chi connectivity index (χ2n) is 8.00. The Morgan fingerprint density at radius 1 is 1.12 bits per heavy atom. The van der Waals surface area contributed by atoms with Crippen molar-refractivity contribution in [2.45, 2.75) is 17.8 Å². The van der Waals surface area contributed by atoms with Gasteiger partial charge in [-0.1, -0.05) is 36.4 Å². The van der Waals surface area contributed by atoms with Crippen molar-refractivity contribution >= 4 is 33.8 Å². The van der Waals surface area contributed by atoms with E-state index in [1.807, 2.05) is 30.3 Å². The van der Waals surface area contributed by atoms with E-state index in [-0.39, 0.29) is 0 Å². The molecule has 2 unspecified atom stereocenters. The zero-order valence-electron chi connectivity index (χ0n) is 18.3. The molecule has 0 saturated heterocycles. The van der Waals surface area contributed by atoms with Crippen molar-refractivity contribution in [3.63, 3.8) is 0 Å². The second kappa shape index (κ2) is 9.43. The Bertz CT molecular complexity index is 1410. The van der Waals surface area contributed by atoms with Gasteiger partial charge in [0.15, 0.2) is 10.7 Å². The first-order chi connectivity index (χ1) is 16.4. The summed E-state index contributed by atoms with van der Waals surface area (Å²) in [5, 5.41) is 9.67. The Hall–Kier alpha value is -4.06. The van der Waals surface area contributed by atoms with Crippen molar-refractivity contribution in [1.82, 2.24) is 4.98 Å². The SMILES string of the molecule is CC(N)(c1cccc(N2C=C(c3ccccn3)C=C(c3ccccc3C#N)C2C=O)c1)[SH](=O)=O. The van der Waals surface area contributed by atoms with Crippen molar-refractivity contribution < 1.29 is 13.2 Å². The van der Waals surface area contributed by atoms with Gasteiger partial charge < -0.3 is 15.4 Å². The Kier molecular flexibility index (Phi) is 6.41. The van der Waals surface area contributed by atoms with Gasteiger partial charge in [0, 0.05) is 23.7 Å². The van der Waals surface area contributed by atoms with E-state index >= 15 is 0 Å². The molecular formula is C26H22N4O3S. The van der Waals surface area contributed by atoms with E-state index in [0.717, 1.165) is 11.9 Å². The fourth-order valence-corrected chi connectivity index (χ4v) is 4.22. The number of nitrogens with two attached hydrogens (primary N) is 1. The molecule has 0 bridgehead atoms. The van der Waals surface area contributed by atoms with Gasteiger partial charge in [-0.3, -0.25) is 4.98 Å². The molecule has 2 N–H and O–H groups in total. The third kappa shape index (κ3) is 4.27. The second-order valence-corrected chi connectivity index (χ2v) is 9.44. The Balaban J connectivity index is 1.93. The molecule has 170 valence electrons. The molecule has 0 spiro atoms. The first kappa shape index (κ1) is 23.1. The molecule has 0 saturated carbocycles. The van der Waals surface area contributed by atoms with Crippen LogP contribution < -0.4 is 10.6 Å². The maximum absolute atomic E-state index is 12.4. The number of anilines is 1. The van der Waals surface area contributed by atoms with Crippen LogP contribution >= 0.6 is 0 Å². The van der Waals surface area contributed by atoms with E-state index in [1.54, 1.807) is 59.8 Å². The highest BCUT2D eigenvalue weighted by Gasteiger charge is 2.30. The van der Waals surface area contributed by atoms with E-state index < -0.39 is 21.6 Å². The van der Waals surface area contributed by atoms with Crippen LogP contribution in [0.25, 0.3) is 11.1 Å². The van der Waals surface area contributed by atoms with Gasteiger partial charge in [-0.25, -0.2) is 8.42 Å². The van der Waals surface area contributed by atoms with E-state index in [9.17, 15) is 18.5 Å². The molecule has 34 heavy (non-hydrogen) atoms. The smallest absolute Gasteiger partial charge is 0.162 e. The Labute approximate surface area is 199 Å². The van der Waals surface area contributed by atoms with Crippen LogP contribution in [-0.4, -0.2) is 25.7 Å². The van der Waals surface area contributed by atoms with Crippen LogP contribution in [0.3, 0.4) is 0 Å². The van der Waals surface area contributed by atoms with E-state index in [4.69, 9.17) is 5.73 Å². The number of hydrogen-bond donors (Lipinski definition) is 2. The van der Waals surface area contributed by atoms with Gasteiger partial charge in [-0.05, 0) is 60.0 Å². The summed E-state index contributed by atoms with van der Waals surface area (Å²) >= 11 is 0. The van der Waals surface area contributed by atoms with Crippen LogP contribution in [0.2, 0.25) is 0 Å². The molecule has 2 heterocycles. The minimum Gasteiger partial charge on any atom is -0.333 e. The molecule has 0 radical (unpaired) electrons. The number of aldehydes is 1. The predicted molar refractivity (Wildman–Crippen MR) is 132 cm³/mol. The van der Waals surface area contributed by atoms with Gasteiger partial charge in [0.25, 0.3) is 0 Å². The van der Waals surface area contributed by atoms with Gasteiger partial charge in [0.05, 0.1) is 17.3 Å². The summed E-state index contributed by atoms with van der Waals surface area (Å²) in [5.41, 5.74) is 10.2. The number of rotatable bonds is 6. The fraction of sp³-hybridized carbons (Fsp3) is 0.115. The lowest BCUT2D eigenvalue weighted by Crippen LogP contribution is -2.37. The molecule has 3 aromatic rings. The molecular weight excluding hydrogens is 448 g/mol. The molecule has 8 heteroatoms. The predicted octanol–water partition coefficient (Wildman–Crippen LogP) is 3.21. The Morgan fingerprint density at radius 2 is 1.88 bits per heavy atom. The highest BCUT2D eigenvalue weighted by Crippen LogP contribution is 2.36. The van der Waals surface area contributed by atoms with Crippen LogP contribution in [-0.2, 0) is 20.4 Å². The largest absolute Gasteiger partial charge is 0.333 e. The first-order valence-corrected chi connectivity index (χ1v) is 11.7. The van der Waals surface area contributed by atoms with Crippen LogP contribution in [0.5, 0.6) is 0 Å². The summed E-state index contributed by atoms with van der Waals surface area (Å²) in [5.74, 6) is 0. The van der Waals surface area contributed by atoms with Crippen molar-refractivity contribution in [2.24, 2.45) is 5.73 Å². The maximum Gasteiger partial charge on any atom is 0.162 e. The quantitative estimate of drug-likeness (QED) is 0.420. The molecule has 7 nitrogen and oxygen atoms in total. The van der Waals surface area contributed by atoms with Gasteiger partial charge in [-0.2, -0.15) is 5.26 Å². The topological polar surface area (TPSA) is 117 Å². The average Bonchev–Trinajstić information content (AvgIpc) is 2.88. The van der Waals surface area contributed by atoms with E-state index in [2.05, 4.69) is 11.1 Å². The maximum atomic E-state index is 12.4. The Morgan fingerprint density at radius 3 is 2.56 bits per heavy atom. The van der Waals surface area contributed by atoms with Crippen LogP contribution in [0, 0.1) is 11.3 Å². The highest BCUT2D eigenvalue weighted by atomic mass is 32.2. The third-order valence-corrected chi connectivity index (χ3v) is 6.78. The van der Waals surface area contributed by atoms with Crippen molar-refractivity contribution in [3.8, 4) is 6.07 Å². The summed E-state index contributed by atoms with van der Waals surface area (Å²) in [6.45, 7) is 1.43. The summed E-state index contributed by atoms with van der Waals surface area (Å²) in [4.78, 5) is 17.0. The molecule has 4 rings (SSSR count). The molecule has 1 aromatic heterocycles. The van der Waals surface area contributed by atoms with Crippen molar-refractivity contribution in [1.29, 1.82) is 5.26 Å². The van der Waals surface area contributed by atoms with Crippen LogP contribution in [0.1, 0.15) is 29.3 Å². The third-order valence-electron chi connectivity index (χ3n) is 5.76. The lowest BCUT2D eigenvalue weighted by atomic mass is 9.89. The van der Waals surface area contributed by atoms with Crippen LogP contribution in [0.15, 0.2) is 85.2 Å². The molecule has 0 fully saturated rings. The van der Waals surface area contributed by atoms with E-state index in [1.165, 1.54) is 6.92 Å². The van der Waals surface area contributed by atoms with Gasteiger partial charge >= 0.3 is 0 Å². The number of hydrogen-bond acceptors (Lipinski definition) is 7. The summed E-state index contributed by atoms with van der Waals surface area (Å²) in [6.07, 6.45) is 6.13. The lowest BCUT2D eigenvalue weighted by Gasteiger charge is -2.34. The number of aromatic nitrogens is 1. The number of carbonyl (C=O) groups is 1. The molecule has 0 aliphatic carbocycles.